The molecule has 2 aromatic carbocycles. The van der Waals surface area contributed by atoms with Crippen LogP contribution in [0, 0.1) is 0 Å². The first-order valence-corrected chi connectivity index (χ1v) is 7.03. The van der Waals surface area contributed by atoms with Crippen molar-refractivity contribution in [2.24, 2.45) is 0 Å². The normalized spacial score (nSPS) is 10.7. The fourth-order valence-corrected chi connectivity index (χ4v) is 2.24. The highest BCUT2D eigenvalue weighted by Crippen LogP contribution is 2.23. The van der Waals surface area contributed by atoms with Crippen LogP contribution in [0.1, 0.15) is 13.3 Å². The van der Waals surface area contributed by atoms with Crippen LogP contribution in [-0.4, -0.2) is 6.61 Å². The zero-order valence-electron chi connectivity index (χ0n) is 11.8. The van der Waals surface area contributed by atoms with Gasteiger partial charge in [-0.3, -0.25) is 4.79 Å². The highest BCUT2D eigenvalue weighted by molar-refractivity contribution is 5.82. The summed E-state index contributed by atoms with van der Waals surface area (Å²) in [7, 11) is 0. The summed E-state index contributed by atoms with van der Waals surface area (Å²) in [5.74, 6) is 0.722. The second-order valence-corrected chi connectivity index (χ2v) is 4.85. The standard InChI is InChI=1S/C18H16O3/c1-2-10-20-14-8-9-15-17(11-14)21-12-16(18(15)19)13-6-4-3-5-7-13/h3-9,11-12H,2,10H2,1H3. The molecule has 1 heterocycles. The van der Waals surface area contributed by atoms with Crippen molar-refractivity contribution >= 4 is 11.0 Å². The van der Waals surface area contributed by atoms with Crippen molar-refractivity contribution in [3.05, 3.63) is 65.0 Å². The Balaban J connectivity index is 2.08. The van der Waals surface area contributed by atoms with Crippen molar-refractivity contribution in [1.82, 2.24) is 0 Å². The van der Waals surface area contributed by atoms with E-state index in [1.165, 1.54) is 6.26 Å². The van der Waals surface area contributed by atoms with Gasteiger partial charge in [-0.25, -0.2) is 0 Å². The van der Waals surface area contributed by atoms with Crippen LogP contribution in [0.2, 0.25) is 0 Å². The van der Waals surface area contributed by atoms with Gasteiger partial charge in [-0.15, -0.1) is 0 Å². The second kappa shape index (κ2) is 5.83. The van der Waals surface area contributed by atoms with Crippen molar-refractivity contribution in [3.8, 4) is 16.9 Å². The molecule has 0 spiro atoms. The van der Waals surface area contributed by atoms with Gasteiger partial charge in [0.05, 0.1) is 17.6 Å². The van der Waals surface area contributed by atoms with E-state index < -0.39 is 0 Å². The number of fused-ring (bicyclic) bond motifs is 1. The van der Waals surface area contributed by atoms with Gasteiger partial charge in [0.15, 0.2) is 5.43 Å². The molecule has 3 heteroatoms. The molecular formula is C18H16O3. The lowest BCUT2D eigenvalue weighted by Crippen LogP contribution is -2.05. The predicted octanol–water partition coefficient (Wildman–Crippen LogP) is 4.25. The van der Waals surface area contributed by atoms with Crippen LogP contribution in [0.15, 0.2) is 64.0 Å². The Hall–Kier alpha value is -2.55. The fourth-order valence-electron chi connectivity index (χ4n) is 2.24. The minimum Gasteiger partial charge on any atom is -0.493 e. The SMILES string of the molecule is CCCOc1ccc2c(=O)c(-c3ccccc3)coc2c1. The summed E-state index contributed by atoms with van der Waals surface area (Å²) >= 11 is 0. The summed E-state index contributed by atoms with van der Waals surface area (Å²) in [5.41, 5.74) is 1.96. The molecule has 0 N–H and O–H groups in total. The molecule has 0 saturated heterocycles. The Morgan fingerprint density at radius 1 is 1.10 bits per heavy atom. The molecule has 0 atom stereocenters. The van der Waals surface area contributed by atoms with Gasteiger partial charge in [0, 0.05) is 6.07 Å². The number of benzene rings is 2. The molecule has 3 aromatic rings. The summed E-state index contributed by atoms with van der Waals surface area (Å²) in [6.45, 7) is 2.70. The molecule has 1 aromatic heterocycles. The zero-order valence-corrected chi connectivity index (χ0v) is 11.8. The van der Waals surface area contributed by atoms with Crippen LogP contribution in [0.3, 0.4) is 0 Å². The highest BCUT2D eigenvalue weighted by atomic mass is 16.5. The molecule has 106 valence electrons. The van der Waals surface area contributed by atoms with Gasteiger partial charge in [-0.05, 0) is 24.1 Å². The van der Waals surface area contributed by atoms with E-state index in [1.807, 2.05) is 43.3 Å². The third-order valence-electron chi connectivity index (χ3n) is 3.30. The lowest BCUT2D eigenvalue weighted by molar-refractivity contribution is 0.317. The first-order chi connectivity index (χ1) is 10.3. The zero-order chi connectivity index (χ0) is 14.7. The molecule has 3 rings (SSSR count). The number of rotatable bonds is 4. The Labute approximate surface area is 122 Å². The number of hydrogen-bond acceptors (Lipinski definition) is 3. The molecule has 0 unspecified atom stereocenters. The molecule has 0 aliphatic heterocycles. The molecule has 0 fully saturated rings. The highest BCUT2D eigenvalue weighted by Gasteiger charge is 2.09. The molecule has 0 aliphatic carbocycles. The number of ether oxygens (including phenoxy) is 1. The third-order valence-corrected chi connectivity index (χ3v) is 3.30. The maximum absolute atomic E-state index is 12.6. The van der Waals surface area contributed by atoms with Crippen LogP contribution in [-0.2, 0) is 0 Å². The minimum absolute atomic E-state index is 0.0236. The first kappa shape index (κ1) is 13.4. The van der Waals surface area contributed by atoms with E-state index in [1.54, 1.807) is 12.1 Å². The molecule has 0 bridgehead atoms. The van der Waals surface area contributed by atoms with Crippen LogP contribution in [0.4, 0.5) is 0 Å². The van der Waals surface area contributed by atoms with E-state index in [2.05, 4.69) is 0 Å². The average molecular weight is 280 g/mol. The average Bonchev–Trinajstić information content (AvgIpc) is 2.54. The predicted molar refractivity (Wildman–Crippen MR) is 83.7 cm³/mol. The van der Waals surface area contributed by atoms with Crippen LogP contribution in [0.5, 0.6) is 5.75 Å². The lowest BCUT2D eigenvalue weighted by atomic mass is 10.1. The fraction of sp³-hybridized carbons (Fsp3) is 0.167. The monoisotopic (exact) mass is 280 g/mol. The third kappa shape index (κ3) is 2.68. The Morgan fingerprint density at radius 2 is 1.90 bits per heavy atom. The molecule has 0 saturated carbocycles. The van der Waals surface area contributed by atoms with Crippen molar-refractivity contribution in [2.45, 2.75) is 13.3 Å². The van der Waals surface area contributed by atoms with E-state index in [4.69, 9.17) is 9.15 Å². The van der Waals surface area contributed by atoms with Gasteiger partial charge in [-0.2, -0.15) is 0 Å². The summed E-state index contributed by atoms with van der Waals surface area (Å²) in [4.78, 5) is 12.6. The van der Waals surface area contributed by atoms with Gasteiger partial charge in [0.2, 0.25) is 0 Å². The lowest BCUT2D eigenvalue weighted by Gasteiger charge is -2.06. The molecular weight excluding hydrogens is 264 g/mol. The van der Waals surface area contributed by atoms with E-state index >= 15 is 0 Å². The largest absolute Gasteiger partial charge is 0.493 e. The summed E-state index contributed by atoms with van der Waals surface area (Å²) in [6.07, 6.45) is 2.46. The quantitative estimate of drug-likeness (QED) is 0.717. The van der Waals surface area contributed by atoms with Crippen LogP contribution < -0.4 is 10.2 Å². The van der Waals surface area contributed by atoms with E-state index in [0.29, 0.717) is 23.1 Å². The van der Waals surface area contributed by atoms with Gasteiger partial charge in [0.25, 0.3) is 0 Å². The van der Waals surface area contributed by atoms with Crippen molar-refractivity contribution in [2.75, 3.05) is 6.61 Å². The summed E-state index contributed by atoms with van der Waals surface area (Å²) < 4.78 is 11.2. The van der Waals surface area contributed by atoms with E-state index in [0.717, 1.165) is 17.7 Å². The second-order valence-electron chi connectivity index (χ2n) is 4.85. The van der Waals surface area contributed by atoms with Gasteiger partial charge < -0.3 is 9.15 Å². The van der Waals surface area contributed by atoms with Crippen LogP contribution >= 0.6 is 0 Å². The van der Waals surface area contributed by atoms with E-state index in [9.17, 15) is 4.79 Å². The van der Waals surface area contributed by atoms with Crippen molar-refractivity contribution in [1.29, 1.82) is 0 Å². The smallest absolute Gasteiger partial charge is 0.200 e. The topological polar surface area (TPSA) is 39.4 Å². The molecule has 21 heavy (non-hydrogen) atoms. The van der Waals surface area contributed by atoms with Gasteiger partial charge in [0.1, 0.15) is 17.6 Å². The Bertz CT molecular complexity index is 804. The molecule has 3 nitrogen and oxygen atoms in total. The van der Waals surface area contributed by atoms with E-state index in [-0.39, 0.29) is 5.43 Å². The summed E-state index contributed by atoms with van der Waals surface area (Å²) in [5, 5.41) is 0.570. The summed E-state index contributed by atoms with van der Waals surface area (Å²) in [6, 6.07) is 14.9. The molecule has 0 radical (unpaired) electrons. The van der Waals surface area contributed by atoms with Crippen LogP contribution in [0.25, 0.3) is 22.1 Å². The number of hydrogen-bond donors (Lipinski definition) is 0. The van der Waals surface area contributed by atoms with Crippen molar-refractivity contribution < 1.29 is 9.15 Å². The van der Waals surface area contributed by atoms with Gasteiger partial charge in [-0.1, -0.05) is 37.3 Å². The maximum atomic E-state index is 12.6. The molecule has 0 amide bonds. The Morgan fingerprint density at radius 3 is 2.67 bits per heavy atom. The minimum atomic E-state index is -0.0236. The van der Waals surface area contributed by atoms with Crippen molar-refractivity contribution in [3.63, 3.8) is 0 Å². The Kier molecular flexibility index (Phi) is 3.73. The maximum Gasteiger partial charge on any atom is 0.200 e. The van der Waals surface area contributed by atoms with Gasteiger partial charge >= 0.3 is 0 Å². The molecule has 0 aliphatic rings. The first-order valence-electron chi connectivity index (χ1n) is 7.03.